The first-order valence-corrected chi connectivity index (χ1v) is 7.95. The Morgan fingerprint density at radius 2 is 2.29 bits per heavy atom. The van der Waals surface area contributed by atoms with E-state index in [1.807, 2.05) is 6.07 Å². The number of fused-ring (bicyclic) bond motifs is 1. The Bertz CT molecular complexity index is 526. The van der Waals surface area contributed by atoms with E-state index in [0.29, 0.717) is 18.4 Å². The van der Waals surface area contributed by atoms with Crippen molar-refractivity contribution in [3.63, 3.8) is 0 Å². The first-order chi connectivity index (χ1) is 10.1. The highest BCUT2D eigenvalue weighted by atomic mass is 19.1. The van der Waals surface area contributed by atoms with Gasteiger partial charge in [-0.1, -0.05) is 19.1 Å². The summed E-state index contributed by atoms with van der Waals surface area (Å²) in [5.41, 5.74) is 1.74. The maximum absolute atomic E-state index is 13.9. The van der Waals surface area contributed by atoms with Crippen LogP contribution in [0.4, 0.5) is 4.39 Å². The predicted molar refractivity (Wildman–Crippen MR) is 80.4 cm³/mol. The van der Waals surface area contributed by atoms with Gasteiger partial charge in [-0.2, -0.15) is 0 Å². The lowest BCUT2D eigenvalue weighted by molar-refractivity contribution is -0.122. The molecule has 0 saturated carbocycles. The lowest BCUT2D eigenvalue weighted by Crippen LogP contribution is -2.38. The van der Waals surface area contributed by atoms with Gasteiger partial charge < -0.3 is 10.6 Å². The summed E-state index contributed by atoms with van der Waals surface area (Å²) in [5.74, 6) is 0.277. The van der Waals surface area contributed by atoms with Crippen molar-refractivity contribution in [1.82, 2.24) is 10.6 Å². The molecule has 3 atom stereocenters. The molecule has 3 nitrogen and oxygen atoms in total. The fourth-order valence-electron chi connectivity index (χ4n) is 3.58. The van der Waals surface area contributed by atoms with Gasteiger partial charge in [0.25, 0.3) is 0 Å². The number of hydrogen-bond acceptors (Lipinski definition) is 2. The van der Waals surface area contributed by atoms with E-state index in [9.17, 15) is 9.18 Å². The minimum Gasteiger partial charge on any atom is -0.349 e. The molecule has 1 saturated heterocycles. The van der Waals surface area contributed by atoms with Crippen LogP contribution in [0.15, 0.2) is 18.2 Å². The van der Waals surface area contributed by atoms with Crippen molar-refractivity contribution in [1.29, 1.82) is 0 Å². The van der Waals surface area contributed by atoms with Crippen LogP contribution in [-0.4, -0.2) is 18.5 Å². The molecule has 0 aromatic heterocycles. The van der Waals surface area contributed by atoms with Gasteiger partial charge in [-0.25, -0.2) is 4.39 Å². The third-order valence-electron chi connectivity index (χ3n) is 4.82. The Hall–Kier alpha value is -1.42. The van der Waals surface area contributed by atoms with E-state index in [-0.39, 0.29) is 17.8 Å². The Morgan fingerprint density at radius 1 is 1.43 bits per heavy atom. The average Bonchev–Trinajstić information content (AvgIpc) is 2.95. The van der Waals surface area contributed by atoms with Crippen LogP contribution in [0.2, 0.25) is 0 Å². The minimum atomic E-state index is -0.142. The van der Waals surface area contributed by atoms with Crippen LogP contribution in [0, 0.1) is 11.7 Å². The highest BCUT2D eigenvalue weighted by molar-refractivity contribution is 5.77. The van der Waals surface area contributed by atoms with Crippen molar-refractivity contribution in [2.75, 3.05) is 6.54 Å². The van der Waals surface area contributed by atoms with Gasteiger partial charge in [0.1, 0.15) is 5.82 Å². The van der Waals surface area contributed by atoms with Gasteiger partial charge in [0.05, 0.1) is 6.04 Å². The van der Waals surface area contributed by atoms with Gasteiger partial charge >= 0.3 is 0 Å². The van der Waals surface area contributed by atoms with Crippen LogP contribution >= 0.6 is 0 Å². The molecule has 4 heteroatoms. The van der Waals surface area contributed by atoms with E-state index in [2.05, 4.69) is 17.6 Å². The van der Waals surface area contributed by atoms with E-state index in [0.717, 1.165) is 43.4 Å². The van der Waals surface area contributed by atoms with Crippen molar-refractivity contribution < 1.29 is 9.18 Å². The van der Waals surface area contributed by atoms with Crippen LogP contribution in [0.25, 0.3) is 0 Å². The third-order valence-corrected chi connectivity index (χ3v) is 4.82. The molecule has 2 aliphatic rings. The number of hydrogen-bond donors (Lipinski definition) is 2. The van der Waals surface area contributed by atoms with E-state index in [1.54, 1.807) is 6.07 Å². The molecule has 0 radical (unpaired) electrons. The quantitative estimate of drug-likeness (QED) is 0.898. The van der Waals surface area contributed by atoms with Crippen molar-refractivity contribution >= 4 is 5.91 Å². The monoisotopic (exact) mass is 290 g/mol. The second-order valence-electron chi connectivity index (χ2n) is 6.37. The van der Waals surface area contributed by atoms with Crippen LogP contribution < -0.4 is 10.6 Å². The Morgan fingerprint density at radius 3 is 3.05 bits per heavy atom. The first kappa shape index (κ1) is 14.5. The van der Waals surface area contributed by atoms with E-state index in [4.69, 9.17) is 0 Å². The fourth-order valence-corrected chi connectivity index (χ4v) is 3.58. The maximum Gasteiger partial charge on any atom is 0.222 e. The maximum atomic E-state index is 13.9. The van der Waals surface area contributed by atoms with Gasteiger partial charge in [-0.3, -0.25) is 4.79 Å². The highest BCUT2D eigenvalue weighted by Crippen LogP contribution is 2.35. The van der Waals surface area contributed by atoms with Crippen molar-refractivity contribution in [3.05, 3.63) is 35.1 Å². The molecule has 1 fully saturated rings. The molecule has 3 unspecified atom stereocenters. The number of rotatable bonds is 3. The number of amides is 1. The lowest BCUT2D eigenvalue weighted by Gasteiger charge is -2.32. The fraction of sp³-hybridized carbons (Fsp3) is 0.588. The third kappa shape index (κ3) is 3.10. The van der Waals surface area contributed by atoms with Gasteiger partial charge in [0, 0.05) is 12.5 Å². The zero-order chi connectivity index (χ0) is 14.8. The average molecular weight is 290 g/mol. The van der Waals surface area contributed by atoms with Crippen LogP contribution in [-0.2, 0) is 11.2 Å². The summed E-state index contributed by atoms with van der Waals surface area (Å²) in [6.45, 7) is 3.14. The molecule has 1 aromatic rings. The van der Waals surface area contributed by atoms with Gasteiger partial charge in [-0.15, -0.1) is 0 Å². The summed E-state index contributed by atoms with van der Waals surface area (Å²) in [6.07, 6.45) is 4.42. The number of nitrogens with one attached hydrogen (secondary N) is 2. The second kappa shape index (κ2) is 6.14. The van der Waals surface area contributed by atoms with Gasteiger partial charge in [0.15, 0.2) is 0 Å². The van der Waals surface area contributed by atoms with Gasteiger partial charge in [0.2, 0.25) is 5.91 Å². The molecule has 114 valence electrons. The largest absolute Gasteiger partial charge is 0.349 e. The molecule has 21 heavy (non-hydrogen) atoms. The lowest BCUT2D eigenvalue weighted by atomic mass is 9.80. The van der Waals surface area contributed by atoms with E-state index in [1.165, 1.54) is 6.07 Å². The summed E-state index contributed by atoms with van der Waals surface area (Å²) in [5, 5.41) is 6.48. The summed E-state index contributed by atoms with van der Waals surface area (Å²) in [6, 6.07) is 5.45. The molecule has 1 aromatic carbocycles. The summed E-state index contributed by atoms with van der Waals surface area (Å²) in [4.78, 5) is 12.3. The van der Waals surface area contributed by atoms with Crippen molar-refractivity contribution in [2.24, 2.45) is 5.92 Å². The standard InChI is InChI=1S/C17H23FN2O/c1-11-7-8-13-14(5-2-6-15(13)18)17(11)20-16(21)10-12-4-3-9-19-12/h2,5-6,11-12,17,19H,3-4,7-10H2,1H3,(H,20,21). The Labute approximate surface area is 125 Å². The molecule has 1 aliphatic heterocycles. The smallest absolute Gasteiger partial charge is 0.222 e. The zero-order valence-corrected chi connectivity index (χ0v) is 12.5. The molecular weight excluding hydrogens is 267 g/mol. The normalized spacial score (nSPS) is 28.2. The van der Waals surface area contributed by atoms with Crippen molar-refractivity contribution in [2.45, 2.75) is 51.1 Å². The Kier molecular flexibility index (Phi) is 4.24. The number of carbonyl (C=O) groups is 1. The Balaban J connectivity index is 1.72. The van der Waals surface area contributed by atoms with Crippen molar-refractivity contribution in [3.8, 4) is 0 Å². The van der Waals surface area contributed by atoms with Gasteiger partial charge in [-0.05, 0) is 55.3 Å². The highest BCUT2D eigenvalue weighted by Gasteiger charge is 2.30. The molecule has 3 rings (SSSR count). The zero-order valence-electron chi connectivity index (χ0n) is 12.5. The van der Waals surface area contributed by atoms with Crippen LogP contribution in [0.3, 0.4) is 0 Å². The number of halogens is 1. The minimum absolute atomic E-state index is 0.0571. The topological polar surface area (TPSA) is 41.1 Å². The van der Waals surface area contributed by atoms with E-state index >= 15 is 0 Å². The summed E-state index contributed by atoms with van der Waals surface area (Å²) >= 11 is 0. The molecule has 0 spiro atoms. The van der Waals surface area contributed by atoms with Crippen LogP contribution in [0.1, 0.15) is 49.8 Å². The summed E-state index contributed by atoms with van der Waals surface area (Å²) < 4.78 is 13.9. The number of benzene rings is 1. The predicted octanol–water partition coefficient (Wildman–Crippen LogP) is 2.71. The SMILES string of the molecule is CC1CCc2c(F)cccc2C1NC(=O)CC1CCCN1. The molecule has 0 bridgehead atoms. The molecule has 1 heterocycles. The molecule has 1 aliphatic carbocycles. The van der Waals surface area contributed by atoms with E-state index < -0.39 is 0 Å². The summed E-state index contributed by atoms with van der Waals surface area (Å²) in [7, 11) is 0. The second-order valence-corrected chi connectivity index (χ2v) is 6.37. The number of carbonyl (C=O) groups excluding carboxylic acids is 1. The molecular formula is C17H23FN2O. The molecule has 1 amide bonds. The molecule has 2 N–H and O–H groups in total. The van der Waals surface area contributed by atoms with Crippen LogP contribution in [0.5, 0.6) is 0 Å². The first-order valence-electron chi connectivity index (χ1n) is 7.95.